The zero-order valence-electron chi connectivity index (χ0n) is 6.73. The smallest absolute Gasteiger partial charge is 0.331 e. The number of rotatable bonds is 2. The molecule has 0 atom stereocenters. The normalized spacial score (nSPS) is 10.5. The summed E-state index contributed by atoms with van der Waals surface area (Å²) in [5.74, 6) is -0.928. The van der Waals surface area contributed by atoms with Gasteiger partial charge in [-0.3, -0.25) is 0 Å². The Morgan fingerprint density at radius 2 is 2.17 bits per heavy atom. The van der Waals surface area contributed by atoms with Gasteiger partial charge in [0.2, 0.25) is 0 Å². The van der Waals surface area contributed by atoms with Gasteiger partial charge in [0.1, 0.15) is 12.7 Å². The van der Waals surface area contributed by atoms with E-state index in [0.717, 1.165) is 0 Å². The maximum Gasteiger partial charge on any atom is 0.331 e. The summed E-state index contributed by atoms with van der Waals surface area (Å²) >= 11 is 0. The first kappa shape index (κ1) is 10.9. The highest BCUT2D eigenvalue weighted by Crippen LogP contribution is 2.11. The van der Waals surface area contributed by atoms with Crippen LogP contribution in [0.2, 0.25) is 0 Å². The van der Waals surface area contributed by atoms with Crippen molar-refractivity contribution in [1.29, 1.82) is 0 Å². The summed E-state index contributed by atoms with van der Waals surface area (Å²) in [6.45, 7) is 3.12. The lowest BCUT2D eigenvalue weighted by Gasteiger charge is -2.18. The Kier molecular flexibility index (Phi) is 3.21. The molecule has 0 saturated carbocycles. The first-order valence-corrected chi connectivity index (χ1v) is 3.13. The molecule has 0 amide bonds. The summed E-state index contributed by atoms with van der Waals surface area (Å²) in [6, 6.07) is 0. The second kappa shape index (κ2) is 3.53. The van der Waals surface area contributed by atoms with Crippen LogP contribution in [-0.2, 0) is 10.3 Å². The second-order valence-corrected chi connectivity index (χ2v) is 2.70. The van der Waals surface area contributed by atoms with E-state index in [1.54, 1.807) is 13.8 Å². The molecule has 0 aromatic carbocycles. The minimum atomic E-state index is -1.02. The van der Waals surface area contributed by atoms with Crippen molar-refractivity contribution in [3.8, 4) is 0 Å². The van der Waals surface area contributed by atoms with Crippen LogP contribution in [0.25, 0.3) is 0 Å². The van der Waals surface area contributed by atoms with E-state index in [4.69, 9.17) is 5.11 Å². The van der Waals surface area contributed by atoms with Gasteiger partial charge in [0.05, 0.1) is 0 Å². The molecule has 5 nitrogen and oxygen atoms in total. The van der Waals surface area contributed by atoms with E-state index in [1.165, 1.54) is 17.3 Å². The van der Waals surface area contributed by atoms with Gasteiger partial charge < -0.3 is 17.5 Å². The first-order valence-electron chi connectivity index (χ1n) is 3.13. The average Bonchev–Trinajstić information content (AvgIpc) is 2.37. The van der Waals surface area contributed by atoms with Crippen LogP contribution in [0.3, 0.4) is 0 Å². The molecule has 12 heavy (non-hydrogen) atoms. The predicted molar refractivity (Wildman–Crippen MR) is 37.0 cm³/mol. The van der Waals surface area contributed by atoms with Crippen LogP contribution in [0.5, 0.6) is 0 Å². The number of carbonyl (C=O) groups is 1. The lowest BCUT2D eigenvalue weighted by molar-refractivity contribution is -0.146. The molecule has 0 spiro atoms. The minimum Gasteiger partial charge on any atom is -1.00 e. The van der Waals surface area contributed by atoms with E-state index in [1.807, 2.05) is 0 Å². The Labute approximate surface area is 75.8 Å². The number of carboxylic acids is 1. The van der Waals surface area contributed by atoms with E-state index < -0.39 is 11.5 Å². The van der Waals surface area contributed by atoms with Gasteiger partial charge in [0.15, 0.2) is 5.54 Å². The fourth-order valence-electron chi connectivity index (χ4n) is 0.595. The van der Waals surface area contributed by atoms with Crippen molar-refractivity contribution < 1.29 is 22.3 Å². The van der Waals surface area contributed by atoms with Crippen molar-refractivity contribution in [3.05, 3.63) is 12.7 Å². The third-order valence-corrected chi connectivity index (χ3v) is 1.51. The van der Waals surface area contributed by atoms with Crippen molar-refractivity contribution >= 4 is 5.97 Å². The Bertz CT molecular complexity index is 258. The van der Waals surface area contributed by atoms with Crippen LogP contribution in [-0.4, -0.2) is 25.8 Å². The molecule has 1 aromatic heterocycles. The van der Waals surface area contributed by atoms with E-state index in [-0.39, 0.29) is 12.4 Å². The van der Waals surface area contributed by atoms with E-state index in [0.29, 0.717) is 0 Å². The SMILES string of the molecule is CC(C)(C(=O)O)n1cncn1.[Cl-]. The van der Waals surface area contributed by atoms with E-state index >= 15 is 0 Å². The largest absolute Gasteiger partial charge is 1.00 e. The molecule has 1 aromatic rings. The quantitative estimate of drug-likeness (QED) is 0.544. The Hall–Kier alpha value is -1.10. The highest BCUT2D eigenvalue weighted by molar-refractivity contribution is 5.75. The van der Waals surface area contributed by atoms with Crippen molar-refractivity contribution in [2.75, 3.05) is 0 Å². The average molecular weight is 191 g/mol. The van der Waals surface area contributed by atoms with Crippen molar-refractivity contribution in [2.45, 2.75) is 19.4 Å². The molecule has 0 fully saturated rings. The molecule has 0 radical (unpaired) electrons. The number of hydrogen-bond acceptors (Lipinski definition) is 3. The highest BCUT2D eigenvalue weighted by Gasteiger charge is 2.29. The molecular weight excluding hydrogens is 182 g/mol. The number of aliphatic carboxylic acids is 1. The van der Waals surface area contributed by atoms with Gasteiger partial charge in [0.25, 0.3) is 0 Å². The van der Waals surface area contributed by atoms with Crippen LogP contribution in [0, 0.1) is 0 Å². The third-order valence-electron chi connectivity index (χ3n) is 1.51. The fourth-order valence-corrected chi connectivity index (χ4v) is 0.595. The molecule has 6 heteroatoms. The number of aromatic nitrogens is 3. The zero-order chi connectivity index (χ0) is 8.48. The Balaban J connectivity index is 0.00000121. The van der Waals surface area contributed by atoms with Crippen molar-refractivity contribution in [3.63, 3.8) is 0 Å². The lowest BCUT2D eigenvalue weighted by atomic mass is 10.1. The molecule has 0 bridgehead atoms. The standard InChI is InChI=1S/C6H9N3O2.ClH/c1-6(2,5(10)11)9-4-7-3-8-9;/h3-4H,1-2H3,(H,10,11);1H/p-1. The summed E-state index contributed by atoms with van der Waals surface area (Å²) in [5.41, 5.74) is -1.02. The van der Waals surface area contributed by atoms with Gasteiger partial charge in [-0.05, 0) is 13.8 Å². The summed E-state index contributed by atoms with van der Waals surface area (Å²) in [7, 11) is 0. The fraction of sp³-hybridized carbons (Fsp3) is 0.500. The summed E-state index contributed by atoms with van der Waals surface area (Å²) < 4.78 is 1.30. The molecule has 1 N–H and O–H groups in total. The van der Waals surface area contributed by atoms with Crippen LogP contribution in [0.1, 0.15) is 13.8 Å². The molecule has 0 aliphatic rings. The lowest BCUT2D eigenvalue weighted by Crippen LogP contribution is -3.00. The number of carboxylic acid groups (broad SMARTS) is 1. The maximum absolute atomic E-state index is 10.6. The van der Waals surface area contributed by atoms with Crippen LogP contribution < -0.4 is 12.4 Å². The van der Waals surface area contributed by atoms with Gasteiger partial charge in [-0.1, -0.05) is 0 Å². The van der Waals surface area contributed by atoms with Gasteiger partial charge in [-0.15, -0.1) is 0 Å². The van der Waals surface area contributed by atoms with Crippen molar-refractivity contribution in [2.24, 2.45) is 0 Å². The maximum atomic E-state index is 10.6. The monoisotopic (exact) mass is 190 g/mol. The number of halogens is 1. The van der Waals surface area contributed by atoms with Crippen LogP contribution in [0.15, 0.2) is 12.7 Å². The first-order chi connectivity index (χ1) is 5.05. The third kappa shape index (κ3) is 1.73. The molecule has 0 aliphatic heterocycles. The number of nitrogens with zero attached hydrogens (tertiary/aromatic N) is 3. The predicted octanol–water partition coefficient (Wildman–Crippen LogP) is -2.90. The molecule has 0 unspecified atom stereocenters. The molecule has 0 saturated heterocycles. The topological polar surface area (TPSA) is 68.0 Å². The molecule has 0 aliphatic carbocycles. The van der Waals surface area contributed by atoms with E-state index in [2.05, 4.69) is 10.1 Å². The zero-order valence-corrected chi connectivity index (χ0v) is 7.49. The Morgan fingerprint density at radius 1 is 1.58 bits per heavy atom. The molecule has 1 rings (SSSR count). The van der Waals surface area contributed by atoms with Gasteiger partial charge in [0, 0.05) is 0 Å². The van der Waals surface area contributed by atoms with Gasteiger partial charge in [-0.2, -0.15) is 5.10 Å². The highest BCUT2D eigenvalue weighted by atomic mass is 35.5. The summed E-state index contributed by atoms with van der Waals surface area (Å²) in [4.78, 5) is 14.3. The second-order valence-electron chi connectivity index (χ2n) is 2.70. The Morgan fingerprint density at radius 3 is 2.50 bits per heavy atom. The van der Waals surface area contributed by atoms with Crippen LogP contribution >= 0.6 is 0 Å². The van der Waals surface area contributed by atoms with Crippen molar-refractivity contribution in [1.82, 2.24) is 14.8 Å². The van der Waals surface area contributed by atoms with Gasteiger partial charge in [-0.25, -0.2) is 14.5 Å². The molecule has 1 heterocycles. The summed E-state index contributed by atoms with van der Waals surface area (Å²) in [6.07, 6.45) is 2.69. The minimum absolute atomic E-state index is 0. The molecular formula is C6H9ClN3O2-. The summed E-state index contributed by atoms with van der Waals surface area (Å²) in [5, 5.41) is 12.5. The number of hydrogen-bond donors (Lipinski definition) is 1. The van der Waals surface area contributed by atoms with E-state index in [9.17, 15) is 4.79 Å². The molecule has 68 valence electrons. The van der Waals surface area contributed by atoms with Crippen LogP contribution in [0.4, 0.5) is 0 Å². The van der Waals surface area contributed by atoms with Gasteiger partial charge >= 0.3 is 5.97 Å².